The molecule has 1 saturated carbocycles. The number of hydrogen-bond donors (Lipinski definition) is 2. The van der Waals surface area contributed by atoms with Gasteiger partial charge in [-0.3, -0.25) is 0 Å². The molecule has 0 spiro atoms. The molecule has 5 nitrogen and oxygen atoms in total. The molecule has 1 saturated heterocycles. The second-order valence-electron chi connectivity index (χ2n) is 6.27. The number of nitrogens with zero attached hydrogens (tertiary/aromatic N) is 1. The highest BCUT2D eigenvalue weighted by molar-refractivity contribution is 5.83. The Morgan fingerprint density at radius 2 is 1.90 bits per heavy atom. The topological polar surface area (TPSA) is 69.6 Å². The molecule has 0 radical (unpaired) electrons. The highest BCUT2D eigenvalue weighted by Crippen LogP contribution is 2.26. The first-order chi connectivity index (χ1) is 9.59. The fourth-order valence-electron chi connectivity index (χ4n) is 3.51. The van der Waals surface area contributed by atoms with E-state index >= 15 is 0 Å². The summed E-state index contributed by atoms with van der Waals surface area (Å²) in [5, 5.41) is 12.1. The van der Waals surface area contributed by atoms with E-state index in [4.69, 9.17) is 0 Å². The molecule has 2 amide bonds. The van der Waals surface area contributed by atoms with E-state index in [1.54, 1.807) is 0 Å². The number of likely N-dealkylation sites (tertiary alicyclic amines) is 1. The van der Waals surface area contributed by atoms with Crippen LogP contribution in [0.25, 0.3) is 0 Å². The van der Waals surface area contributed by atoms with Crippen LogP contribution in [0.1, 0.15) is 51.9 Å². The van der Waals surface area contributed by atoms with Gasteiger partial charge in [-0.15, -0.1) is 0 Å². The maximum Gasteiger partial charge on any atom is 0.326 e. The molecule has 20 heavy (non-hydrogen) atoms. The average Bonchev–Trinajstić information content (AvgIpc) is 2.82. The van der Waals surface area contributed by atoms with Gasteiger partial charge in [-0.05, 0) is 24.7 Å². The van der Waals surface area contributed by atoms with Gasteiger partial charge in [-0.25, -0.2) is 9.59 Å². The lowest BCUT2D eigenvalue weighted by molar-refractivity contribution is -0.142. The van der Waals surface area contributed by atoms with E-state index in [2.05, 4.69) is 5.32 Å². The summed E-state index contributed by atoms with van der Waals surface area (Å²) in [7, 11) is 0. The maximum atomic E-state index is 12.1. The Bertz CT molecular complexity index is 353. The van der Waals surface area contributed by atoms with E-state index in [1.807, 2.05) is 6.92 Å². The largest absolute Gasteiger partial charge is 0.480 e. The summed E-state index contributed by atoms with van der Waals surface area (Å²) in [5.41, 5.74) is 0. The summed E-state index contributed by atoms with van der Waals surface area (Å²) in [6.07, 6.45) is 8.30. The number of carboxylic acid groups (broad SMARTS) is 1. The lowest BCUT2D eigenvalue weighted by Crippen LogP contribution is -2.47. The molecule has 2 aliphatic rings. The number of urea groups is 1. The Morgan fingerprint density at radius 3 is 2.55 bits per heavy atom. The molecular weight excluding hydrogens is 256 g/mol. The fourth-order valence-corrected chi connectivity index (χ4v) is 3.51. The van der Waals surface area contributed by atoms with Gasteiger partial charge in [0.05, 0.1) is 0 Å². The number of carbonyl (C=O) groups is 2. The highest BCUT2D eigenvalue weighted by Gasteiger charge is 2.39. The smallest absolute Gasteiger partial charge is 0.326 e. The SMILES string of the molecule is CC1CCN(C(=O)NCCC2CCCCC2)C1C(=O)O. The van der Waals surface area contributed by atoms with Gasteiger partial charge in [-0.2, -0.15) is 0 Å². The second-order valence-corrected chi connectivity index (χ2v) is 6.27. The van der Waals surface area contributed by atoms with Gasteiger partial charge >= 0.3 is 12.0 Å². The third-order valence-corrected chi connectivity index (χ3v) is 4.77. The van der Waals surface area contributed by atoms with Gasteiger partial charge in [0.15, 0.2) is 0 Å². The summed E-state index contributed by atoms with van der Waals surface area (Å²) in [6.45, 7) is 3.11. The van der Waals surface area contributed by atoms with Crippen LogP contribution in [0, 0.1) is 11.8 Å². The van der Waals surface area contributed by atoms with E-state index < -0.39 is 12.0 Å². The zero-order valence-corrected chi connectivity index (χ0v) is 12.3. The van der Waals surface area contributed by atoms with E-state index in [0.717, 1.165) is 18.8 Å². The lowest BCUT2D eigenvalue weighted by atomic mass is 9.87. The van der Waals surface area contributed by atoms with Crippen LogP contribution in [0.15, 0.2) is 0 Å². The summed E-state index contributed by atoms with van der Waals surface area (Å²) in [4.78, 5) is 24.8. The van der Waals surface area contributed by atoms with Crippen LogP contribution in [-0.4, -0.2) is 41.1 Å². The Morgan fingerprint density at radius 1 is 1.20 bits per heavy atom. The molecule has 0 aromatic heterocycles. The third kappa shape index (κ3) is 3.64. The van der Waals surface area contributed by atoms with Crippen LogP contribution in [0.2, 0.25) is 0 Å². The van der Waals surface area contributed by atoms with Gasteiger partial charge in [0.2, 0.25) is 0 Å². The van der Waals surface area contributed by atoms with Crippen molar-refractivity contribution < 1.29 is 14.7 Å². The van der Waals surface area contributed by atoms with Crippen LogP contribution < -0.4 is 5.32 Å². The van der Waals surface area contributed by atoms with E-state index in [0.29, 0.717) is 13.1 Å². The zero-order valence-electron chi connectivity index (χ0n) is 12.3. The maximum absolute atomic E-state index is 12.1. The van der Waals surface area contributed by atoms with Gasteiger partial charge in [0.25, 0.3) is 0 Å². The van der Waals surface area contributed by atoms with Crippen molar-refractivity contribution in [1.82, 2.24) is 10.2 Å². The molecule has 114 valence electrons. The number of amides is 2. The first-order valence-electron chi connectivity index (χ1n) is 7.87. The Labute approximate surface area is 120 Å². The molecule has 5 heteroatoms. The van der Waals surface area contributed by atoms with E-state index in [1.165, 1.54) is 37.0 Å². The Kier molecular flexibility index (Phi) is 5.26. The number of aliphatic carboxylic acids is 1. The normalized spacial score (nSPS) is 27.6. The molecule has 2 unspecified atom stereocenters. The first-order valence-corrected chi connectivity index (χ1v) is 7.87. The highest BCUT2D eigenvalue weighted by atomic mass is 16.4. The quantitative estimate of drug-likeness (QED) is 0.832. The number of rotatable bonds is 4. The molecule has 0 aromatic rings. The van der Waals surface area contributed by atoms with Crippen molar-refractivity contribution in [3.05, 3.63) is 0 Å². The van der Waals surface area contributed by atoms with Crippen LogP contribution in [0.5, 0.6) is 0 Å². The third-order valence-electron chi connectivity index (χ3n) is 4.77. The summed E-state index contributed by atoms with van der Waals surface area (Å²) in [6, 6.07) is -0.873. The van der Waals surface area contributed by atoms with Crippen molar-refractivity contribution in [1.29, 1.82) is 0 Å². The van der Waals surface area contributed by atoms with Crippen LogP contribution in [-0.2, 0) is 4.79 Å². The molecule has 0 aromatic carbocycles. The molecule has 2 atom stereocenters. The minimum absolute atomic E-state index is 0.0385. The minimum Gasteiger partial charge on any atom is -0.480 e. The van der Waals surface area contributed by atoms with Gasteiger partial charge in [0, 0.05) is 13.1 Å². The second kappa shape index (κ2) is 6.95. The Balaban J connectivity index is 1.75. The number of hydrogen-bond acceptors (Lipinski definition) is 2. The average molecular weight is 282 g/mol. The minimum atomic E-state index is -0.891. The van der Waals surface area contributed by atoms with Crippen LogP contribution >= 0.6 is 0 Å². The van der Waals surface area contributed by atoms with Crippen LogP contribution in [0.3, 0.4) is 0 Å². The first kappa shape index (κ1) is 15.1. The lowest BCUT2D eigenvalue weighted by Gasteiger charge is -2.25. The molecule has 1 heterocycles. The van der Waals surface area contributed by atoms with Crippen molar-refractivity contribution in [2.75, 3.05) is 13.1 Å². The zero-order chi connectivity index (χ0) is 14.5. The standard InChI is InChI=1S/C15H26N2O3/c1-11-8-10-17(13(11)14(18)19)15(20)16-9-7-12-5-3-2-4-6-12/h11-13H,2-10H2,1H3,(H,16,20)(H,18,19). The van der Waals surface area contributed by atoms with Crippen molar-refractivity contribution in [3.8, 4) is 0 Å². The summed E-state index contributed by atoms with van der Waals surface area (Å²) >= 11 is 0. The predicted molar refractivity (Wildman–Crippen MR) is 76.5 cm³/mol. The number of nitrogens with one attached hydrogen (secondary N) is 1. The molecule has 2 N–H and O–H groups in total. The molecular formula is C15H26N2O3. The van der Waals surface area contributed by atoms with Crippen LogP contribution in [0.4, 0.5) is 4.79 Å². The monoisotopic (exact) mass is 282 g/mol. The van der Waals surface area contributed by atoms with Crippen molar-refractivity contribution in [2.45, 2.75) is 57.9 Å². The van der Waals surface area contributed by atoms with Crippen molar-refractivity contribution >= 4 is 12.0 Å². The van der Waals surface area contributed by atoms with Gasteiger partial charge in [0.1, 0.15) is 6.04 Å². The predicted octanol–water partition coefficient (Wildman–Crippen LogP) is 2.46. The fraction of sp³-hybridized carbons (Fsp3) is 0.867. The molecule has 0 bridgehead atoms. The molecule has 2 rings (SSSR count). The van der Waals surface area contributed by atoms with Gasteiger partial charge < -0.3 is 15.3 Å². The van der Waals surface area contributed by atoms with E-state index in [9.17, 15) is 14.7 Å². The molecule has 1 aliphatic carbocycles. The summed E-state index contributed by atoms with van der Waals surface area (Å²) < 4.78 is 0. The van der Waals surface area contributed by atoms with E-state index in [-0.39, 0.29) is 11.9 Å². The number of carboxylic acids is 1. The Hall–Kier alpha value is -1.26. The molecule has 1 aliphatic heterocycles. The number of carbonyl (C=O) groups excluding carboxylic acids is 1. The molecule has 2 fully saturated rings. The van der Waals surface area contributed by atoms with Gasteiger partial charge in [-0.1, -0.05) is 39.0 Å². The van der Waals surface area contributed by atoms with Crippen molar-refractivity contribution in [2.24, 2.45) is 11.8 Å². The van der Waals surface area contributed by atoms with Crippen molar-refractivity contribution in [3.63, 3.8) is 0 Å². The summed E-state index contributed by atoms with van der Waals surface area (Å²) in [5.74, 6) is -0.120.